The summed E-state index contributed by atoms with van der Waals surface area (Å²) in [7, 11) is 0. The zero-order chi connectivity index (χ0) is 11.9. The molecule has 1 heterocycles. The molecule has 1 aliphatic rings. The Balaban J connectivity index is 2.14. The van der Waals surface area contributed by atoms with E-state index in [-0.39, 0.29) is 0 Å². The fourth-order valence-corrected chi connectivity index (χ4v) is 2.53. The summed E-state index contributed by atoms with van der Waals surface area (Å²) in [5, 5.41) is 10.4. The van der Waals surface area contributed by atoms with E-state index in [9.17, 15) is 9.90 Å². The minimum absolute atomic E-state index is 0.649. The van der Waals surface area contributed by atoms with E-state index in [4.69, 9.17) is 0 Å². The molecule has 86 valence electrons. The van der Waals surface area contributed by atoms with Crippen LogP contribution in [-0.2, 0) is 10.2 Å². The average Bonchev–Trinajstić information content (AvgIpc) is 2.27. The quantitative estimate of drug-likeness (QED) is 0.858. The van der Waals surface area contributed by atoms with Crippen LogP contribution in [0.25, 0.3) is 10.9 Å². The molecule has 1 aromatic heterocycles. The van der Waals surface area contributed by atoms with Crippen molar-refractivity contribution < 1.29 is 9.90 Å². The lowest BCUT2D eigenvalue weighted by molar-refractivity contribution is -0.147. The van der Waals surface area contributed by atoms with Crippen LogP contribution in [0.3, 0.4) is 0 Å². The van der Waals surface area contributed by atoms with E-state index in [2.05, 4.69) is 4.98 Å². The smallest absolute Gasteiger partial charge is 0.314 e. The van der Waals surface area contributed by atoms with E-state index in [1.54, 1.807) is 6.20 Å². The first-order valence-electron chi connectivity index (χ1n) is 5.81. The number of benzene rings is 1. The van der Waals surface area contributed by atoms with Crippen LogP contribution in [0, 0.1) is 0 Å². The largest absolute Gasteiger partial charge is 0.481 e. The topological polar surface area (TPSA) is 50.2 Å². The summed E-state index contributed by atoms with van der Waals surface area (Å²) in [6.45, 7) is 0. The van der Waals surface area contributed by atoms with E-state index in [1.165, 1.54) is 0 Å². The number of rotatable bonds is 2. The molecule has 1 fully saturated rings. The molecular weight excluding hydrogens is 214 g/mol. The van der Waals surface area contributed by atoms with Gasteiger partial charge in [0.05, 0.1) is 10.9 Å². The van der Waals surface area contributed by atoms with E-state index in [0.717, 1.165) is 35.7 Å². The van der Waals surface area contributed by atoms with Crippen LogP contribution in [0.5, 0.6) is 0 Å². The molecule has 0 amide bonds. The average molecular weight is 227 g/mol. The molecule has 2 aromatic rings. The lowest BCUT2D eigenvalue weighted by atomic mass is 9.64. The van der Waals surface area contributed by atoms with Crippen LogP contribution in [0.1, 0.15) is 24.8 Å². The standard InChI is InChI=1S/C14H13NO2/c16-13(17)14(6-2-7-14)11-4-5-12-10(9-11)3-1-8-15-12/h1,3-5,8-9H,2,6-7H2,(H,16,17). The van der Waals surface area contributed by atoms with E-state index < -0.39 is 11.4 Å². The Labute approximate surface area is 99.1 Å². The highest BCUT2D eigenvalue weighted by Crippen LogP contribution is 2.44. The van der Waals surface area contributed by atoms with Gasteiger partial charge in [-0.15, -0.1) is 0 Å². The Morgan fingerprint density at radius 3 is 2.76 bits per heavy atom. The second kappa shape index (κ2) is 3.55. The number of carbonyl (C=O) groups is 1. The van der Waals surface area contributed by atoms with Crippen molar-refractivity contribution in [3.05, 3.63) is 42.1 Å². The third-order valence-electron chi connectivity index (χ3n) is 3.77. The van der Waals surface area contributed by atoms with Crippen molar-refractivity contribution >= 4 is 16.9 Å². The van der Waals surface area contributed by atoms with Crippen molar-refractivity contribution in [1.29, 1.82) is 0 Å². The summed E-state index contributed by atoms with van der Waals surface area (Å²) < 4.78 is 0. The number of hydrogen-bond donors (Lipinski definition) is 1. The first-order chi connectivity index (χ1) is 8.22. The second-order valence-corrected chi connectivity index (χ2v) is 4.65. The molecule has 3 nitrogen and oxygen atoms in total. The number of aliphatic carboxylic acids is 1. The maximum atomic E-state index is 11.4. The van der Waals surface area contributed by atoms with Gasteiger partial charge in [0.25, 0.3) is 0 Å². The third-order valence-corrected chi connectivity index (χ3v) is 3.77. The van der Waals surface area contributed by atoms with Gasteiger partial charge in [0.15, 0.2) is 0 Å². The van der Waals surface area contributed by atoms with Crippen LogP contribution >= 0.6 is 0 Å². The monoisotopic (exact) mass is 227 g/mol. The predicted molar refractivity (Wildman–Crippen MR) is 64.9 cm³/mol. The normalized spacial score (nSPS) is 17.6. The van der Waals surface area contributed by atoms with Gasteiger partial charge >= 0.3 is 5.97 Å². The molecule has 0 bridgehead atoms. The summed E-state index contributed by atoms with van der Waals surface area (Å²) in [4.78, 5) is 15.7. The molecule has 0 spiro atoms. The summed E-state index contributed by atoms with van der Waals surface area (Å²) in [6, 6.07) is 9.63. The third kappa shape index (κ3) is 1.42. The molecular formula is C14H13NO2. The SMILES string of the molecule is O=C(O)C1(c2ccc3ncccc3c2)CCC1. The molecule has 0 unspecified atom stereocenters. The summed E-state index contributed by atoms with van der Waals surface area (Å²) in [6.07, 6.45) is 4.23. The molecule has 3 rings (SSSR count). The van der Waals surface area contributed by atoms with Crippen molar-refractivity contribution in [2.45, 2.75) is 24.7 Å². The first-order valence-corrected chi connectivity index (χ1v) is 5.81. The number of nitrogens with zero attached hydrogens (tertiary/aromatic N) is 1. The number of pyridine rings is 1. The first kappa shape index (κ1) is 10.3. The molecule has 1 saturated carbocycles. The van der Waals surface area contributed by atoms with Crippen LogP contribution in [0.4, 0.5) is 0 Å². The molecule has 1 N–H and O–H groups in total. The molecule has 0 aliphatic heterocycles. The van der Waals surface area contributed by atoms with Gasteiger partial charge in [-0.25, -0.2) is 0 Å². The van der Waals surface area contributed by atoms with E-state index >= 15 is 0 Å². The van der Waals surface area contributed by atoms with Gasteiger partial charge in [-0.3, -0.25) is 9.78 Å². The highest BCUT2D eigenvalue weighted by molar-refractivity contribution is 5.86. The molecule has 1 aromatic carbocycles. The predicted octanol–water partition coefficient (Wildman–Crippen LogP) is 2.74. The van der Waals surface area contributed by atoms with Gasteiger partial charge < -0.3 is 5.11 Å². The van der Waals surface area contributed by atoms with Gasteiger partial charge in [0, 0.05) is 11.6 Å². The molecule has 0 radical (unpaired) electrons. The Kier molecular flexibility index (Phi) is 2.15. The van der Waals surface area contributed by atoms with Crippen molar-refractivity contribution in [1.82, 2.24) is 4.98 Å². The minimum Gasteiger partial charge on any atom is -0.481 e. The van der Waals surface area contributed by atoms with Gasteiger partial charge in [-0.05, 0) is 36.6 Å². The van der Waals surface area contributed by atoms with Gasteiger partial charge in [0.1, 0.15) is 0 Å². The maximum Gasteiger partial charge on any atom is 0.314 e. The number of hydrogen-bond acceptors (Lipinski definition) is 2. The molecule has 0 saturated heterocycles. The molecule has 1 aliphatic carbocycles. The summed E-state index contributed by atoms with van der Waals surface area (Å²) >= 11 is 0. The van der Waals surface area contributed by atoms with E-state index in [1.807, 2.05) is 30.3 Å². The van der Waals surface area contributed by atoms with Crippen LogP contribution < -0.4 is 0 Å². The lowest BCUT2D eigenvalue weighted by Crippen LogP contribution is -2.42. The van der Waals surface area contributed by atoms with E-state index in [0.29, 0.717) is 0 Å². The van der Waals surface area contributed by atoms with Crippen molar-refractivity contribution in [3.63, 3.8) is 0 Å². The zero-order valence-corrected chi connectivity index (χ0v) is 9.39. The Morgan fingerprint density at radius 1 is 1.29 bits per heavy atom. The number of aromatic nitrogens is 1. The van der Waals surface area contributed by atoms with Gasteiger partial charge in [0.2, 0.25) is 0 Å². The maximum absolute atomic E-state index is 11.4. The fraction of sp³-hybridized carbons (Fsp3) is 0.286. The Morgan fingerprint density at radius 2 is 2.12 bits per heavy atom. The summed E-state index contributed by atoms with van der Waals surface area (Å²) in [5.74, 6) is -0.702. The molecule has 3 heteroatoms. The van der Waals surface area contributed by atoms with Crippen LogP contribution in [-0.4, -0.2) is 16.1 Å². The lowest BCUT2D eigenvalue weighted by Gasteiger charge is -2.38. The Bertz CT molecular complexity index is 588. The number of carboxylic acid groups (broad SMARTS) is 1. The number of carboxylic acids is 1. The fourth-order valence-electron chi connectivity index (χ4n) is 2.53. The van der Waals surface area contributed by atoms with Crippen LogP contribution in [0.2, 0.25) is 0 Å². The minimum atomic E-state index is -0.702. The molecule has 17 heavy (non-hydrogen) atoms. The van der Waals surface area contributed by atoms with Crippen molar-refractivity contribution in [2.24, 2.45) is 0 Å². The van der Waals surface area contributed by atoms with Gasteiger partial charge in [-0.1, -0.05) is 18.6 Å². The second-order valence-electron chi connectivity index (χ2n) is 4.65. The number of fused-ring (bicyclic) bond motifs is 1. The Hall–Kier alpha value is -1.90. The van der Waals surface area contributed by atoms with Crippen LogP contribution in [0.15, 0.2) is 36.5 Å². The van der Waals surface area contributed by atoms with Crippen molar-refractivity contribution in [3.8, 4) is 0 Å². The highest BCUT2D eigenvalue weighted by atomic mass is 16.4. The van der Waals surface area contributed by atoms with Crippen molar-refractivity contribution in [2.75, 3.05) is 0 Å². The highest BCUT2D eigenvalue weighted by Gasteiger charge is 2.45. The van der Waals surface area contributed by atoms with Gasteiger partial charge in [-0.2, -0.15) is 0 Å². The zero-order valence-electron chi connectivity index (χ0n) is 9.39. The summed E-state index contributed by atoms with van der Waals surface area (Å²) in [5.41, 5.74) is 1.18. The molecule has 0 atom stereocenters.